The van der Waals surface area contributed by atoms with Gasteiger partial charge in [-0.05, 0) is 48.5 Å². The van der Waals surface area contributed by atoms with Gasteiger partial charge in [-0.3, -0.25) is 4.79 Å². The Balaban J connectivity index is 1.68. The van der Waals surface area contributed by atoms with Gasteiger partial charge in [-0.1, -0.05) is 11.6 Å². The SMILES string of the molecule is COc1ccc2nc3sc(C(=O)Nc4ccc(F)c(Cl)c4)cc3cc2c1. The number of pyridine rings is 1. The third-order valence-electron chi connectivity index (χ3n) is 3.91. The van der Waals surface area contributed by atoms with Gasteiger partial charge < -0.3 is 10.1 Å². The molecule has 0 aliphatic heterocycles. The van der Waals surface area contributed by atoms with Crippen molar-refractivity contribution in [2.24, 2.45) is 0 Å². The van der Waals surface area contributed by atoms with Crippen LogP contribution in [0.1, 0.15) is 9.67 Å². The maximum Gasteiger partial charge on any atom is 0.265 e. The van der Waals surface area contributed by atoms with E-state index in [1.54, 1.807) is 13.2 Å². The van der Waals surface area contributed by atoms with E-state index in [0.29, 0.717) is 10.6 Å². The van der Waals surface area contributed by atoms with Gasteiger partial charge in [0.2, 0.25) is 0 Å². The van der Waals surface area contributed by atoms with E-state index < -0.39 is 5.82 Å². The quantitative estimate of drug-likeness (QED) is 0.505. The molecule has 4 aromatic rings. The first-order chi connectivity index (χ1) is 12.5. The molecule has 0 unspecified atom stereocenters. The third kappa shape index (κ3) is 3.09. The Hall–Kier alpha value is -2.70. The van der Waals surface area contributed by atoms with Crippen molar-refractivity contribution in [1.82, 2.24) is 4.98 Å². The topological polar surface area (TPSA) is 51.2 Å². The molecule has 4 rings (SSSR count). The van der Waals surface area contributed by atoms with Gasteiger partial charge in [0.15, 0.2) is 0 Å². The van der Waals surface area contributed by atoms with Crippen molar-refractivity contribution in [3.63, 3.8) is 0 Å². The number of nitrogens with zero attached hydrogens (tertiary/aromatic N) is 1. The van der Waals surface area contributed by atoms with E-state index in [9.17, 15) is 9.18 Å². The number of carbonyl (C=O) groups excluding carboxylic acids is 1. The number of hydrogen-bond acceptors (Lipinski definition) is 4. The van der Waals surface area contributed by atoms with Crippen LogP contribution in [-0.4, -0.2) is 18.0 Å². The van der Waals surface area contributed by atoms with Crippen molar-refractivity contribution in [2.45, 2.75) is 0 Å². The molecule has 0 atom stereocenters. The predicted octanol–water partition coefficient (Wildman–Crippen LogP) is 5.50. The van der Waals surface area contributed by atoms with Crippen LogP contribution in [0, 0.1) is 5.82 Å². The summed E-state index contributed by atoms with van der Waals surface area (Å²) in [6, 6.07) is 13.4. The molecule has 0 aliphatic rings. The zero-order valence-electron chi connectivity index (χ0n) is 13.5. The lowest BCUT2D eigenvalue weighted by molar-refractivity contribution is 0.103. The predicted molar refractivity (Wildman–Crippen MR) is 103 cm³/mol. The number of benzene rings is 2. The van der Waals surface area contributed by atoms with Gasteiger partial charge in [0.25, 0.3) is 5.91 Å². The molecule has 0 aliphatic carbocycles. The van der Waals surface area contributed by atoms with E-state index in [2.05, 4.69) is 10.3 Å². The van der Waals surface area contributed by atoms with Gasteiger partial charge in [-0.2, -0.15) is 0 Å². The first kappa shape index (κ1) is 16.8. The number of amides is 1. The summed E-state index contributed by atoms with van der Waals surface area (Å²) in [5, 5.41) is 4.49. The largest absolute Gasteiger partial charge is 0.497 e. The normalized spacial score (nSPS) is 11.0. The number of carbonyl (C=O) groups is 1. The van der Waals surface area contributed by atoms with E-state index in [-0.39, 0.29) is 10.9 Å². The highest BCUT2D eigenvalue weighted by atomic mass is 35.5. The zero-order valence-corrected chi connectivity index (χ0v) is 15.1. The van der Waals surface area contributed by atoms with Crippen molar-refractivity contribution in [3.05, 3.63) is 64.2 Å². The number of anilines is 1. The summed E-state index contributed by atoms with van der Waals surface area (Å²) in [5.74, 6) is -0.0739. The smallest absolute Gasteiger partial charge is 0.265 e. The van der Waals surface area contributed by atoms with E-state index in [1.807, 2.05) is 24.3 Å². The van der Waals surface area contributed by atoms with Gasteiger partial charge in [0.05, 0.1) is 22.5 Å². The van der Waals surface area contributed by atoms with Gasteiger partial charge >= 0.3 is 0 Å². The number of aromatic nitrogens is 1. The van der Waals surface area contributed by atoms with Gasteiger partial charge in [-0.15, -0.1) is 11.3 Å². The Morgan fingerprint density at radius 2 is 2.00 bits per heavy atom. The third-order valence-corrected chi connectivity index (χ3v) is 5.24. The lowest BCUT2D eigenvalue weighted by Gasteiger charge is -2.04. The average molecular weight is 387 g/mol. The Morgan fingerprint density at radius 3 is 2.77 bits per heavy atom. The van der Waals surface area contributed by atoms with Crippen molar-refractivity contribution in [3.8, 4) is 5.75 Å². The van der Waals surface area contributed by atoms with Crippen LogP contribution in [0.4, 0.5) is 10.1 Å². The number of rotatable bonds is 3. The Kier molecular flexibility index (Phi) is 4.22. The Morgan fingerprint density at radius 1 is 1.15 bits per heavy atom. The molecule has 4 nitrogen and oxygen atoms in total. The standard InChI is InChI=1S/C19H12ClFN2O2S/c1-25-13-3-5-16-10(7-13)6-11-8-17(26-19(11)23-16)18(24)22-12-2-4-15(21)14(20)9-12/h2-9H,1H3,(H,22,24). The minimum Gasteiger partial charge on any atom is -0.497 e. The molecular weight excluding hydrogens is 375 g/mol. The highest BCUT2D eigenvalue weighted by Crippen LogP contribution is 2.30. The molecule has 7 heteroatoms. The van der Waals surface area contributed by atoms with Gasteiger partial charge in [0.1, 0.15) is 16.4 Å². The van der Waals surface area contributed by atoms with Gasteiger partial charge in [-0.25, -0.2) is 9.37 Å². The Labute approximate surface area is 157 Å². The number of nitrogens with one attached hydrogen (secondary N) is 1. The first-order valence-corrected chi connectivity index (χ1v) is 8.88. The molecule has 0 radical (unpaired) electrons. The summed E-state index contributed by atoms with van der Waals surface area (Å²) in [6.07, 6.45) is 0. The van der Waals surface area contributed by atoms with Crippen LogP contribution in [0.2, 0.25) is 5.02 Å². The summed E-state index contributed by atoms with van der Waals surface area (Å²) < 4.78 is 18.5. The van der Waals surface area contributed by atoms with Crippen LogP contribution in [0.5, 0.6) is 5.75 Å². The van der Waals surface area contributed by atoms with E-state index in [4.69, 9.17) is 16.3 Å². The highest BCUT2D eigenvalue weighted by Gasteiger charge is 2.13. The summed E-state index contributed by atoms with van der Waals surface area (Å²) in [4.78, 5) is 18.4. The fraction of sp³-hybridized carbons (Fsp3) is 0.0526. The second-order valence-corrected chi connectivity index (χ2v) is 7.07. The lowest BCUT2D eigenvalue weighted by Crippen LogP contribution is -2.10. The molecule has 0 bridgehead atoms. The molecule has 26 heavy (non-hydrogen) atoms. The van der Waals surface area contributed by atoms with Crippen LogP contribution in [0.15, 0.2) is 48.5 Å². The highest BCUT2D eigenvalue weighted by molar-refractivity contribution is 7.20. The number of fused-ring (bicyclic) bond motifs is 2. The van der Waals surface area contributed by atoms with E-state index in [1.165, 1.54) is 29.5 Å². The minimum atomic E-state index is -0.530. The van der Waals surface area contributed by atoms with Crippen molar-refractivity contribution in [2.75, 3.05) is 12.4 Å². The fourth-order valence-electron chi connectivity index (χ4n) is 2.62. The molecule has 0 spiro atoms. The van der Waals surface area contributed by atoms with Crippen LogP contribution in [0.3, 0.4) is 0 Å². The summed E-state index contributed by atoms with van der Waals surface area (Å²) in [5.41, 5.74) is 1.26. The minimum absolute atomic E-state index is 0.0407. The van der Waals surface area contributed by atoms with E-state index >= 15 is 0 Å². The first-order valence-electron chi connectivity index (χ1n) is 7.68. The molecule has 130 valence electrons. The summed E-state index contributed by atoms with van der Waals surface area (Å²) in [6.45, 7) is 0. The number of ether oxygens (including phenoxy) is 1. The van der Waals surface area contributed by atoms with E-state index in [0.717, 1.165) is 26.9 Å². The monoisotopic (exact) mass is 386 g/mol. The average Bonchev–Trinajstić information content (AvgIpc) is 3.05. The Bertz CT molecular complexity index is 1160. The molecule has 0 fully saturated rings. The molecule has 2 aromatic carbocycles. The van der Waals surface area contributed by atoms with Crippen molar-refractivity contribution >= 4 is 55.7 Å². The maximum atomic E-state index is 13.2. The van der Waals surface area contributed by atoms with Crippen LogP contribution in [-0.2, 0) is 0 Å². The number of halogens is 2. The second-order valence-electron chi connectivity index (χ2n) is 5.64. The zero-order chi connectivity index (χ0) is 18.3. The fourth-order valence-corrected chi connectivity index (χ4v) is 3.72. The van der Waals surface area contributed by atoms with Crippen LogP contribution >= 0.6 is 22.9 Å². The molecule has 1 N–H and O–H groups in total. The lowest BCUT2D eigenvalue weighted by atomic mass is 10.2. The van der Waals surface area contributed by atoms with Crippen molar-refractivity contribution < 1.29 is 13.9 Å². The van der Waals surface area contributed by atoms with Crippen molar-refractivity contribution in [1.29, 1.82) is 0 Å². The molecule has 2 heterocycles. The number of thiophene rings is 1. The molecular formula is C19H12ClFN2O2S. The number of methoxy groups -OCH3 is 1. The summed E-state index contributed by atoms with van der Waals surface area (Å²) in [7, 11) is 1.61. The number of hydrogen-bond donors (Lipinski definition) is 1. The summed E-state index contributed by atoms with van der Waals surface area (Å²) >= 11 is 7.04. The molecule has 0 saturated carbocycles. The molecule has 0 saturated heterocycles. The molecule has 1 amide bonds. The van der Waals surface area contributed by atoms with Crippen LogP contribution in [0.25, 0.3) is 21.1 Å². The molecule has 2 aromatic heterocycles. The van der Waals surface area contributed by atoms with Gasteiger partial charge in [0, 0.05) is 16.5 Å². The second kappa shape index (κ2) is 6.55. The maximum absolute atomic E-state index is 13.2. The van der Waals surface area contributed by atoms with Crippen LogP contribution < -0.4 is 10.1 Å².